The van der Waals surface area contributed by atoms with E-state index >= 15 is 0 Å². The molecule has 0 amide bonds. The van der Waals surface area contributed by atoms with Gasteiger partial charge in [-0.05, 0) is 32.1 Å². The Hall–Kier alpha value is -1.36. The van der Waals surface area contributed by atoms with Crippen molar-refractivity contribution < 1.29 is 5.11 Å². The summed E-state index contributed by atoms with van der Waals surface area (Å²) in [6.45, 7) is 7.10. The Balaban J connectivity index is 2.11. The van der Waals surface area contributed by atoms with Crippen LogP contribution in [-0.2, 0) is 0 Å². The van der Waals surface area contributed by atoms with Crippen LogP contribution in [0, 0.1) is 12.8 Å². The van der Waals surface area contributed by atoms with E-state index in [2.05, 4.69) is 34.4 Å². The molecule has 1 aromatic heterocycles. The third-order valence-electron chi connectivity index (χ3n) is 3.99. The Labute approximate surface area is 121 Å². The highest BCUT2D eigenvalue weighted by molar-refractivity contribution is 5.57. The van der Waals surface area contributed by atoms with E-state index < -0.39 is 0 Å². The largest absolute Gasteiger partial charge is 0.393 e. The number of nitrogens with zero attached hydrogens (tertiary/aromatic N) is 2. The monoisotopic (exact) mass is 278 g/mol. The van der Waals surface area contributed by atoms with Crippen molar-refractivity contribution in [2.45, 2.75) is 52.1 Å². The van der Waals surface area contributed by atoms with Gasteiger partial charge in [0, 0.05) is 25.1 Å². The molecule has 112 valence electrons. The van der Waals surface area contributed by atoms with Gasteiger partial charge in [-0.3, -0.25) is 0 Å². The van der Waals surface area contributed by atoms with Crippen molar-refractivity contribution in [1.29, 1.82) is 0 Å². The molecule has 2 atom stereocenters. The van der Waals surface area contributed by atoms with E-state index in [1.54, 1.807) is 0 Å². The van der Waals surface area contributed by atoms with E-state index in [9.17, 15) is 5.11 Å². The van der Waals surface area contributed by atoms with Crippen LogP contribution in [0.5, 0.6) is 0 Å². The summed E-state index contributed by atoms with van der Waals surface area (Å²) in [5.41, 5.74) is 1.05. The molecule has 0 aliphatic heterocycles. The second-order valence-electron chi connectivity index (χ2n) is 6.02. The van der Waals surface area contributed by atoms with Crippen molar-refractivity contribution >= 4 is 11.6 Å². The standard InChI is InChI=1S/C15H26N4O/c1-9(2)13-18-14(16-4)10(3)15(19-13)17-8-11-5-6-12(20)7-11/h9,11-12,20H,5-8H2,1-4H3,(H2,16,17,18,19). The first kappa shape index (κ1) is 15.0. The fourth-order valence-corrected chi connectivity index (χ4v) is 2.68. The summed E-state index contributed by atoms with van der Waals surface area (Å²) in [6, 6.07) is 0. The average molecular weight is 278 g/mol. The van der Waals surface area contributed by atoms with Gasteiger partial charge in [-0.2, -0.15) is 0 Å². The summed E-state index contributed by atoms with van der Waals surface area (Å²) in [7, 11) is 1.89. The van der Waals surface area contributed by atoms with Gasteiger partial charge >= 0.3 is 0 Å². The number of anilines is 2. The van der Waals surface area contributed by atoms with Gasteiger partial charge in [0.05, 0.1) is 6.10 Å². The highest BCUT2D eigenvalue weighted by atomic mass is 16.3. The highest BCUT2D eigenvalue weighted by Gasteiger charge is 2.23. The van der Waals surface area contributed by atoms with E-state index in [1.807, 2.05) is 14.0 Å². The summed E-state index contributed by atoms with van der Waals surface area (Å²) in [6.07, 6.45) is 2.79. The van der Waals surface area contributed by atoms with Crippen LogP contribution in [-0.4, -0.2) is 34.8 Å². The van der Waals surface area contributed by atoms with E-state index in [0.29, 0.717) is 11.8 Å². The van der Waals surface area contributed by atoms with Crippen LogP contribution in [0.1, 0.15) is 50.4 Å². The fourth-order valence-electron chi connectivity index (χ4n) is 2.68. The van der Waals surface area contributed by atoms with Gasteiger partial charge in [0.15, 0.2) is 0 Å². The zero-order valence-corrected chi connectivity index (χ0v) is 12.9. The van der Waals surface area contributed by atoms with E-state index in [1.165, 1.54) is 0 Å². The van der Waals surface area contributed by atoms with Crippen LogP contribution in [0.3, 0.4) is 0 Å². The normalized spacial score (nSPS) is 22.3. The molecule has 2 unspecified atom stereocenters. The van der Waals surface area contributed by atoms with Crippen LogP contribution in [0.25, 0.3) is 0 Å². The number of nitrogens with one attached hydrogen (secondary N) is 2. The molecule has 1 aliphatic rings. The Morgan fingerprint density at radius 1 is 1.25 bits per heavy atom. The molecule has 20 heavy (non-hydrogen) atoms. The Morgan fingerprint density at radius 3 is 2.50 bits per heavy atom. The smallest absolute Gasteiger partial charge is 0.135 e. The summed E-state index contributed by atoms with van der Waals surface area (Å²) in [5, 5.41) is 16.2. The van der Waals surface area contributed by atoms with Crippen LogP contribution in [0.15, 0.2) is 0 Å². The second-order valence-corrected chi connectivity index (χ2v) is 6.02. The Bertz CT molecular complexity index is 461. The molecule has 0 bridgehead atoms. The quantitative estimate of drug-likeness (QED) is 0.772. The number of hydrogen-bond donors (Lipinski definition) is 3. The van der Waals surface area contributed by atoms with Gasteiger partial charge in [-0.25, -0.2) is 9.97 Å². The van der Waals surface area contributed by atoms with Gasteiger partial charge in [0.1, 0.15) is 17.5 Å². The molecule has 1 fully saturated rings. The van der Waals surface area contributed by atoms with Gasteiger partial charge in [0.25, 0.3) is 0 Å². The number of hydrogen-bond acceptors (Lipinski definition) is 5. The lowest BCUT2D eigenvalue weighted by atomic mass is 10.1. The molecule has 0 spiro atoms. The van der Waals surface area contributed by atoms with Gasteiger partial charge in [-0.1, -0.05) is 13.8 Å². The van der Waals surface area contributed by atoms with Crippen molar-refractivity contribution in [3.8, 4) is 0 Å². The first-order chi connectivity index (χ1) is 9.51. The molecule has 0 saturated heterocycles. The van der Waals surface area contributed by atoms with Crippen molar-refractivity contribution in [3.05, 3.63) is 11.4 Å². The lowest BCUT2D eigenvalue weighted by Gasteiger charge is -2.17. The molecule has 0 radical (unpaired) electrons. The molecule has 0 aromatic carbocycles. The van der Waals surface area contributed by atoms with Crippen molar-refractivity contribution in [3.63, 3.8) is 0 Å². The van der Waals surface area contributed by atoms with Crippen LogP contribution < -0.4 is 10.6 Å². The van der Waals surface area contributed by atoms with Crippen molar-refractivity contribution in [2.75, 3.05) is 24.2 Å². The highest BCUT2D eigenvalue weighted by Crippen LogP contribution is 2.27. The molecule has 5 nitrogen and oxygen atoms in total. The molecular formula is C15H26N4O. The Morgan fingerprint density at radius 2 is 1.95 bits per heavy atom. The SMILES string of the molecule is CNc1nc(C(C)C)nc(NCC2CCC(O)C2)c1C. The zero-order chi connectivity index (χ0) is 14.7. The molecular weight excluding hydrogens is 252 g/mol. The minimum atomic E-state index is -0.118. The average Bonchev–Trinajstić information content (AvgIpc) is 2.83. The first-order valence-electron chi connectivity index (χ1n) is 7.49. The lowest BCUT2D eigenvalue weighted by molar-refractivity contribution is 0.178. The fraction of sp³-hybridized carbons (Fsp3) is 0.733. The maximum atomic E-state index is 9.59. The molecule has 1 aromatic rings. The predicted octanol–water partition coefficient (Wildman–Crippen LogP) is 2.52. The van der Waals surface area contributed by atoms with E-state index in [0.717, 1.165) is 48.8 Å². The maximum Gasteiger partial charge on any atom is 0.135 e. The Kier molecular flexibility index (Phi) is 4.81. The van der Waals surface area contributed by atoms with Crippen LogP contribution in [0.2, 0.25) is 0 Å². The van der Waals surface area contributed by atoms with Gasteiger partial charge < -0.3 is 15.7 Å². The van der Waals surface area contributed by atoms with Gasteiger partial charge in [0.2, 0.25) is 0 Å². The van der Waals surface area contributed by atoms with E-state index in [4.69, 9.17) is 0 Å². The third-order valence-corrected chi connectivity index (χ3v) is 3.99. The maximum absolute atomic E-state index is 9.59. The summed E-state index contributed by atoms with van der Waals surface area (Å²) in [5.74, 6) is 3.50. The topological polar surface area (TPSA) is 70.1 Å². The van der Waals surface area contributed by atoms with Gasteiger partial charge in [-0.15, -0.1) is 0 Å². The van der Waals surface area contributed by atoms with Crippen LogP contribution in [0.4, 0.5) is 11.6 Å². The predicted molar refractivity (Wildman–Crippen MR) is 82.2 cm³/mol. The molecule has 3 N–H and O–H groups in total. The number of aliphatic hydroxyl groups excluding tert-OH is 1. The first-order valence-corrected chi connectivity index (χ1v) is 7.49. The number of rotatable bonds is 5. The molecule has 1 saturated carbocycles. The zero-order valence-electron chi connectivity index (χ0n) is 12.9. The van der Waals surface area contributed by atoms with Crippen molar-refractivity contribution in [1.82, 2.24) is 9.97 Å². The molecule has 1 heterocycles. The lowest BCUT2D eigenvalue weighted by Crippen LogP contribution is -2.16. The minimum absolute atomic E-state index is 0.118. The summed E-state index contributed by atoms with van der Waals surface area (Å²) < 4.78 is 0. The molecule has 1 aliphatic carbocycles. The second kappa shape index (κ2) is 6.39. The van der Waals surface area contributed by atoms with Crippen molar-refractivity contribution in [2.24, 2.45) is 5.92 Å². The number of aliphatic hydroxyl groups is 1. The van der Waals surface area contributed by atoms with Crippen LogP contribution >= 0.6 is 0 Å². The van der Waals surface area contributed by atoms with E-state index in [-0.39, 0.29) is 6.10 Å². The molecule has 5 heteroatoms. The number of aromatic nitrogens is 2. The summed E-state index contributed by atoms with van der Waals surface area (Å²) >= 11 is 0. The third kappa shape index (κ3) is 3.39. The summed E-state index contributed by atoms with van der Waals surface area (Å²) in [4.78, 5) is 9.18. The minimum Gasteiger partial charge on any atom is -0.393 e. The molecule has 2 rings (SSSR count).